The quantitative estimate of drug-likeness (QED) is 0.840. The molecule has 0 radical (unpaired) electrons. The van der Waals surface area contributed by atoms with Crippen LogP contribution < -0.4 is 14.8 Å². The van der Waals surface area contributed by atoms with Gasteiger partial charge in [-0.25, -0.2) is 0 Å². The summed E-state index contributed by atoms with van der Waals surface area (Å²) < 4.78 is 10.9. The second-order valence-electron chi connectivity index (χ2n) is 4.83. The standard InChI is InChI=1S/C18H20N2O2.ClH/c1-3-22-17-8-7-16(10-18(17)21-2)13-20-12-15-6-4-5-14(9-15)11-19;/h4-10,20H,3,12-13H2,1-2H3;1H. The minimum atomic E-state index is 0. The molecule has 0 aliphatic rings. The number of benzene rings is 2. The SMILES string of the molecule is CCOc1ccc(CNCc2cccc(C#N)c2)cc1OC.Cl. The average molecular weight is 333 g/mol. The summed E-state index contributed by atoms with van der Waals surface area (Å²) in [5.74, 6) is 1.50. The van der Waals surface area contributed by atoms with E-state index in [1.807, 2.05) is 43.3 Å². The van der Waals surface area contributed by atoms with E-state index in [9.17, 15) is 0 Å². The van der Waals surface area contributed by atoms with E-state index >= 15 is 0 Å². The topological polar surface area (TPSA) is 54.3 Å². The van der Waals surface area contributed by atoms with Crippen molar-refractivity contribution in [2.45, 2.75) is 20.0 Å². The third-order valence-electron chi connectivity index (χ3n) is 3.24. The molecule has 4 nitrogen and oxygen atoms in total. The van der Waals surface area contributed by atoms with Crippen LogP contribution in [0.5, 0.6) is 11.5 Å². The molecule has 23 heavy (non-hydrogen) atoms. The number of hydrogen-bond donors (Lipinski definition) is 1. The van der Waals surface area contributed by atoms with Crippen molar-refractivity contribution in [3.05, 3.63) is 59.2 Å². The fourth-order valence-electron chi connectivity index (χ4n) is 2.20. The number of nitrogens with one attached hydrogen (secondary N) is 1. The molecule has 0 unspecified atom stereocenters. The Morgan fingerprint density at radius 3 is 2.43 bits per heavy atom. The number of hydrogen-bond acceptors (Lipinski definition) is 4. The van der Waals surface area contributed by atoms with E-state index < -0.39 is 0 Å². The van der Waals surface area contributed by atoms with Gasteiger partial charge in [0.15, 0.2) is 11.5 Å². The number of rotatable bonds is 7. The third kappa shape index (κ3) is 5.48. The van der Waals surface area contributed by atoms with E-state index in [1.54, 1.807) is 13.2 Å². The Hall–Kier alpha value is -2.22. The lowest BCUT2D eigenvalue weighted by Gasteiger charge is -2.11. The first-order valence-electron chi connectivity index (χ1n) is 7.26. The second kappa shape index (κ2) is 9.73. The van der Waals surface area contributed by atoms with Crippen molar-refractivity contribution < 1.29 is 9.47 Å². The molecule has 0 atom stereocenters. The minimum Gasteiger partial charge on any atom is -0.493 e. The van der Waals surface area contributed by atoms with Gasteiger partial charge in [-0.2, -0.15) is 5.26 Å². The maximum Gasteiger partial charge on any atom is 0.161 e. The van der Waals surface area contributed by atoms with E-state index in [2.05, 4.69) is 11.4 Å². The molecule has 0 aliphatic carbocycles. The molecule has 2 rings (SSSR count). The highest BCUT2D eigenvalue weighted by molar-refractivity contribution is 5.85. The molecule has 0 fully saturated rings. The first kappa shape index (κ1) is 18.8. The Morgan fingerprint density at radius 1 is 1.04 bits per heavy atom. The lowest BCUT2D eigenvalue weighted by Crippen LogP contribution is -2.12. The van der Waals surface area contributed by atoms with Gasteiger partial charge in [-0.05, 0) is 42.3 Å². The van der Waals surface area contributed by atoms with Crippen molar-refractivity contribution in [3.63, 3.8) is 0 Å². The van der Waals surface area contributed by atoms with E-state index in [0.29, 0.717) is 18.7 Å². The number of ether oxygens (including phenoxy) is 2. The Bertz CT molecular complexity index is 668. The molecular formula is C18H21ClN2O2. The van der Waals surface area contributed by atoms with E-state index in [1.165, 1.54) is 0 Å². The maximum absolute atomic E-state index is 8.90. The van der Waals surface area contributed by atoms with Gasteiger partial charge in [-0.3, -0.25) is 0 Å². The monoisotopic (exact) mass is 332 g/mol. The number of halogens is 1. The van der Waals surface area contributed by atoms with Gasteiger partial charge in [-0.1, -0.05) is 18.2 Å². The van der Waals surface area contributed by atoms with Gasteiger partial charge in [0, 0.05) is 13.1 Å². The fourth-order valence-corrected chi connectivity index (χ4v) is 2.20. The summed E-state index contributed by atoms with van der Waals surface area (Å²) in [4.78, 5) is 0. The highest BCUT2D eigenvalue weighted by atomic mass is 35.5. The van der Waals surface area contributed by atoms with Gasteiger partial charge in [0.1, 0.15) is 0 Å². The summed E-state index contributed by atoms with van der Waals surface area (Å²) in [7, 11) is 1.64. The summed E-state index contributed by atoms with van der Waals surface area (Å²) in [5, 5.41) is 12.3. The Balaban J connectivity index is 0.00000264. The van der Waals surface area contributed by atoms with Crippen molar-refractivity contribution in [2.24, 2.45) is 0 Å². The van der Waals surface area contributed by atoms with Gasteiger partial charge in [0.2, 0.25) is 0 Å². The zero-order chi connectivity index (χ0) is 15.8. The summed E-state index contributed by atoms with van der Waals surface area (Å²) in [6.07, 6.45) is 0. The Kier molecular flexibility index (Phi) is 7.96. The number of nitriles is 1. The predicted octanol–water partition coefficient (Wildman–Crippen LogP) is 3.68. The summed E-state index contributed by atoms with van der Waals surface area (Å²) in [5.41, 5.74) is 2.90. The van der Waals surface area contributed by atoms with Crippen LogP contribution in [0.15, 0.2) is 42.5 Å². The van der Waals surface area contributed by atoms with Gasteiger partial charge >= 0.3 is 0 Å². The molecule has 0 amide bonds. The highest BCUT2D eigenvalue weighted by Crippen LogP contribution is 2.27. The van der Waals surface area contributed by atoms with E-state index in [0.717, 1.165) is 29.2 Å². The Morgan fingerprint density at radius 2 is 1.78 bits per heavy atom. The van der Waals surface area contributed by atoms with Crippen LogP contribution in [0.25, 0.3) is 0 Å². The van der Waals surface area contributed by atoms with Gasteiger partial charge in [-0.15, -0.1) is 12.4 Å². The fraction of sp³-hybridized carbons (Fsp3) is 0.278. The van der Waals surface area contributed by atoms with Crippen molar-refractivity contribution in [1.29, 1.82) is 5.26 Å². The molecule has 0 aromatic heterocycles. The second-order valence-corrected chi connectivity index (χ2v) is 4.83. The van der Waals surface area contributed by atoms with Gasteiger partial charge < -0.3 is 14.8 Å². The summed E-state index contributed by atoms with van der Waals surface area (Å²) in [6, 6.07) is 15.7. The molecule has 0 heterocycles. The third-order valence-corrected chi connectivity index (χ3v) is 3.24. The minimum absolute atomic E-state index is 0. The van der Waals surface area contributed by atoms with Crippen LogP contribution in [-0.2, 0) is 13.1 Å². The van der Waals surface area contributed by atoms with Crippen LogP contribution in [-0.4, -0.2) is 13.7 Å². The zero-order valence-electron chi connectivity index (χ0n) is 13.3. The normalized spacial score (nSPS) is 9.61. The van der Waals surface area contributed by atoms with Crippen LogP contribution >= 0.6 is 12.4 Å². The molecular weight excluding hydrogens is 312 g/mol. The lowest BCUT2D eigenvalue weighted by atomic mass is 10.1. The molecule has 0 spiro atoms. The van der Waals surface area contributed by atoms with Crippen LogP contribution in [0, 0.1) is 11.3 Å². The maximum atomic E-state index is 8.90. The number of methoxy groups -OCH3 is 1. The van der Waals surface area contributed by atoms with Crippen LogP contribution in [0.3, 0.4) is 0 Å². The van der Waals surface area contributed by atoms with Crippen LogP contribution in [0.4, 0.5) is 0 Å². The zero-order valence-corrected chi connectivity index (χ0v) is 14.2. The largest absolute Gasteiger partial charge is 0.493 e. The summed E-state index contributed by atoms with van der Waals surface area (Å²) in [6.45, 7) is 4.00. The van der Waals surface area contributed by atoms with E-state index in [-0.39, 0.29) is 12.4 Å². The molecule has 0 bridgehead atoms. The summed E-state index contributed by atoms with van der Waals surface area (Å²) >= 11 is 0. The highest BCUT2D eigenvalue weighted by Gasteiger charge is 2.05. The molecule has 0 aliphatic heterocycles. The van der Waals surface area contributed by atoms with Gasteiger partial charge in [0.25, 0.3) is 0 Å². The smallest absolute Gasteiger partial charge is 0.161 e. The van der Waals surface area contributed by atoms with Crippen molar-refractivity contribution in [3.8, 4) is 17.6 Å². The molecule has 2 aromatic rings. The molecule has 1 N–H and O–H groups in total. The first-order chi connectivity index (χ1) is 10.8. The van der Waals surface area contributed by atoms with Gasteiger partial charge in [0.05, 0.1) is 25.3 Å². The van der Waals surface area contributed by atoms with Crippen molar-refractivity contribution in [2.75, 3.05) is 13.7 Å². The first-order valence-corrected chi connectivity index (χ1v) is 7.26. The Labute approximate surface area is 143 Å². The molecule has 2 aromatic carbocycles. The lowest BCUT2D eigenvalue weighted by molar-refractivity contribution is 0.310. The molecule has 122 valence electrons. The van der Waals surface area contributed by atoms with Crippen molar-refractivity contribution >= 4 is 12.4 Å². The van der Waals surface area contributed by atoms with Crippen LogP contribution in [0.2, 0.25) is 0 Å². The van der Waals surface area contributed by atoms with Crippen molar-refractivity contribution in [1.82, 2.24) is 5.32 Å². The molecule has 5 heteroatoms. The van der Waals surface area contributed by atoms with Crippen LogP contribution in [0.1, 0.15) is 23.6 Å². The predicted molar refractivity (Wildman–Crippen MR) is 93.1 cm³/mol. The number of nitrogens with zero attached hydrogens (tertiary/aromatic N) is 1. The van der Waals surface area contributed by atoms with E-state index in [4.69, 9.17) is 14.7 Å². The molecule has 0 saturated heterocycles. The average Bonchev–Trinajstić information content (AvgIpc) is 2.56. The molecule has 0 saturated carbocycles.